The first-order valence-electron chi connectivity index (χ1n) is 6.83. The lowest BCUT2D eigenvalue weighted by Crippen LogP contribution is -2.48. The number of piperidine rings is 1. The third-order valence-corrected chi connectivity index (χ3v) is 3.91. The normalized spacial score (nSPS) is 23.4. The van der Waals surface area contributed by atoms with E-state index in [-0.39, 0.29) is 17.6 Å². The van der Waals surface area contributed by atoms with Crippen LogP contribution in [0.2, 0.25) is 0 Å². The molecule has 0 radical (unpaired) electrons. The van der Waals surface area contributed by atoms with Crippen molar-refractivity contribution >= 4 is 11.9 Å². The lowest BCUT2D eigenvalue weighted by Gasteiger charge is -2.32. The highest BCUT2D eigenvalue weighted by Crippen LogP contribution is 2.20. The van der Waals surface area contributed by atoms with Gasteiger partial charge in [0.25, 0.3) is 5.91 Å². The van der Waals surface area contributed by atoms with E-state index in [0.717, 1.165) is 25.9 Å². The van der Waals surface area contributed by atoms with Gasteiger partial charge in [0.1, 0.15) is 6.04 Å². The lowest BCUT2D eigenvalue weighted by atomic mass is 10.0. The van der Waals surface area contributed by atoms with E-state index in [9.17, 15) is 14.7 Å². The Balaban J connectivity index is 1.76. The Kier molecular flexibility index (Phi) is 3.39. The monoisotopic (exact) mass is 279 g/mol. The van der Waals surface area contributed by atoms with Crippen molar-refractivity contribution < 1.29 is 14.7 Å². The van der Waals surface area contributed by atoms with Gasteiger partial charge in [-0.1, -0.05) is 5.21 Å². The number of likely N-dealkylation sites (tertiary alicyclic amines) is 1. The third-order valence-electron chi connectivity index (χ3n) is 3.91. The van der Waals surface area contributed by atoms with Crippen molar-refractivity contribution in [3.05, 3.63) is 11.9 Å². The number of hydrogen-bond acceptors (Lipinski definition) is 5. The summed E-state index contributed by atoms with van der Waals surface area (Å²) in [6.45, 7) is 2.10. The fourth-order valence-electron chi connectivity index (χ4n) is 2.59. The van der Waals surface area contributed by atoms with Crippen molar-refractivity contribution in [1.29, 1.82) is 0 Å². The molecule has 2 fully saturated rings. The van der Waals surface area contributed by atoms with Crippen LogP contribution in [0.3, 0.4) is 0 Å². The molecular formula is C12H17N5O3. The smallest absolute Gasteiger partial charge is 0.326 e. The van der Waals surface area contributed by atoms with Crippen molar-refractivity contribution in [1.82, 2.24) is 25.2 Å². The fraction of sp³-hybridized carbons (Fsp3) is 0.667. The molecule has 2 saturated heterocycles. The van der Waals surface area contributed by atoms with E-state index in [1.165, 1.54) is 4.90 Å². The van der Waals surface area contributed by atoms with Crippen LogP contribution in [0.25, 0.3) is 0 Å². The van der Waals surface area contributed by atoms with Crippen LogP contribution in [0, 0.1) is 0 Å². The Morgan fingerprint density at radius 1 is 1.35 bits per heavy atom. The summed E-state index contributed by atoms with van der Waals surface area (Å²) in [5.74, 6) is -1.29. The number of rotatable bonds is 3. The molecule has 1 aromatic heterocycles. The van der Waals surface area contributed by atoms with Gasteiger partial charge in [-0.25, -0.2) is 9.48 Å². The van der Waals surface area contributed by atoms with Gasteiger partial charge in [0.05, 0.1) is 12.2 Å². The van der Waals surface area contributed by atoms with Gasteiger partial charge in [0.15, 0.2) is 5.69 Å². The molecule has 0 spiro atoms. The number of carbonyl (C=O) groups is 2. The van der Waals surface area contributed by atoms with E-state index in [1.807, 2.05) is 0 Å². The van der Waals surface area contributed by atoms with Crippen LogP contribution in [0.5, 0.6) is 0 Å². The zero-order chi connectivity index (χ0) is 14.1. The van der Waals surface area contributed by atoms with Crippen LogP contribution >= 0.6 is 0 Å². The van der Waals surface area contributed by atoms with Gasteiger partial charge in [-0.05, 0) is 19.3 Å². The molecule has 1 atom stereocenters. The number of nitrogens with zero attached hydrogens (tertiary/aromatic N) is 4. The summed E-state index contributed by atoms with van der Waals surface area (Å²) < 4.78 is 1.67. The van der Waals surface area contributed by atoms with Crippen molar-refractivity contribution in [3.8, 4) is 0 Å². The highest BCUT2D eigenvalue weighted by molar-refractivity contribution is 5.94. The van der Waals surface area contributed by atoms with Crippen LogP contribution < -0.4 is 5.32 Å². The maximum atomic E-state index is 12.4. The van der Waals surface area contributed by atoms with Gasteiger partial charge in [0, 0.05) is 19.6 Å². The summed E-state index contributed by atoms with van der Waals surface area (Å²) in [6, 6.07) is -0.507. The minimum absolute atomic E-state index is 0.227. The summed E-state index contributed by atoms with van der Waals surface area (Å²) in [7, 11) is 0. The van der Waals surface area contributed by atoms with Gasteiger partial charge in [-0.15, -0.1) is 5.10 Å². The summed E-state index contributed by atoms with van der Waals surface area (Å²) in [5.41, 5.74) is 0.227. The molecule has 0 unspecified atom stereocenters. The SMILES string of the molecule is O=C(O)[C@@H]1CCCCN1C(=O)c1cn(C2CNC2)nn1. The molecule has 108 valence electrons. The standard InChI is InChI=1S/C12H17N5O3/c18-11(16-4-2-1-3-10(16)12(19)20)9-7-17(15-14-9)8-5-13-6-8/h7-8,10,13H,1-6H2,(H,19,20)/t10-/m0/s1. The third kappa shape index (κ3) is 2.26. The largest absolute Gasteiger partial charge is 0.480 e. The number of carbonyl (C=O) groups excluding carboxylic acids is 1. The molecule has 2 aliphatic heterocycles. The molecule has 2 aliphatic rings. The molecule has 0 saturated carbocycles. The summed E-state index contributed by atoms with van der Waals surface area (Å²) >= 11 is 0. The first-order chi connectivity index (χ1) is 9.66. The number of carboxylic acid groups (broad SMARTS) is 1. The summed E-state index contributed by atoms with van der Waals surface area (Å²) in [5, 5.41) is 20.2. The van der Waals surface area contributed by atoms with Gasteiger partial charge >= 0.3 is 5.97 Å². The van der Waals surface area contributed by atoms with Crippen molar-refractivity contribution in [2.75, 3.05) is 19.6 Å². The molecule has 0 aliphatic carbocycles. The average Bonchev–Trinajstić information content (AvgIpc) is 2.85. The number of carboxylic acids is 1. The molecule has 8 nitrogen and oxygen atoms in total. The highest BCUT2D eigenvalue weighted by atomic mass is 16.4. The highest BCUT2D eigenvalue weighted by Gasteiger charge is 2.34. The molecule has 2 N–H and O–H groups in total. The predicted molar refractivity (Wildman–Crippen MR) is 68.2 cm³/mol. The maximum absolute atomic E-state index is 12.4. The van der Waals surface area contributed by atoms with E-state index < -0.39 is 12.0 Å². The van der Waals surface area contributed by atoms with Crippen LogP contribution in [0.1, 0.15) is 35.8 Å². The minimum Gasteiger partial charge on any atom is -0.480 e. The van der Waals surface area contributed by atoms with Gasteiger partial charge < -0.3 is 15.3 Å². The molecule has 1 amide bonds. The lowest BCUT2D eigenvalue weighted by molar-refractivity contribution is -0.143. The fourth-order valence-corrected chi connectivity index (χ4v) is 2.59. The molecule has 3 heterocycles. The molecule has 20 heavy (non-hydrogen) atoms. The van der Waals surface area contributed by atoms with Crippen LogP contribution in [0.4, 0.5) is 0 Å². The van der Waals surface area contributed by atoms with Gasteiger partial charge in [-0.3, -0.25) is 4.79 Å². The number of aromatic nitrogens is 3. The molecular weight excluding hydrogens is 262 g/mol. The second-order valence-electron chi connectivity index (χ2n) is 5.24. The molecule has 0 bridgehead atoms. The first kappa shape index (κ1) is 13.0. The van der Waals surface area contributed by atoms with E-state index in [2.05, 4.69) is 15.6 Å². The molecule has 8 heteroatoms. The molecule has 3 rings (SSSR count). The average molecular weight is 279 g/mol. The van der Waals surface area contributed by atoms with Crippen LogP contribution in [-0.4, -0.2) is 62.6 Å². The van der Waals surface area contributed by atoms with E-state index in [1.54, 1.807) is 10.9 Å². The Morgan fingerprint density at radius 3 is 2.80 bits per heavy atom. The van der Waals surface area contributed by atoms with Crippen LogP contribution in [0.15, 0.2) is 6.20 Å². The maximum Gasteiger partial charge on any atom is 0.326 e. The van der Waals surface area contributed by atoms with Crippen LogP contribution in [-0.2, 0) is 4.79 Å². The molecule has 0 aromatic carbocycles. The van der Waals surface area contributed by atoms with Crippen molar-refractivity contribution in [2.45, 2.75) is 31.3 Å². The van der Waals surface area contributed by atoms with Crippen molar-refractivity contribution in [2.24, 2.45) is 0 Å². The Labute approximate surface area is 115 Å². The second kappa shape index (κ2) is 5.20. The van der Waals surface area contributed by atoms with E-state index in [4.69, 9.17) is 0 Å². The molecule has 1 aromatic rings. The first-order valence-corrected chi connectivity index (χ1v) is 6.83. The number of aliphatic carboxylic acids is 1. The van der Waals surface area contributed by atoms with Crippen molar-refractivity contribution in [3.63, 3.8) is 0 Å². The second-order valence-corrected chi connectivity index (χ2v) is 5.24. The van der Waals surface area contributed by atoms with Gasteiger partial charge in [0.2, 0.25) is 0 Å². The Morgan fingerprint density at radius 2 is 2.15 bits per heavy atom. The zero-order valence-corrected chi connectivity index (χ0v) is 11.0. The quantitative estimate of drug-likeness (QED) is 0.774. The number of hydrogen-bond donors (Lipinski definition) is 2. The summed E-state index contributed by atoms with van der Waals surface area (Å²) in [4.78, 5) is 25.0. The number of amides is 1. The Hall–Kier alpha value is -1.96. The topological polar surface area (TPSA) is 100 Å². The zero-order valence-electron chi connectivity index (χ0n) is 11.0. The minimum atomic E-state index is -0.950. The number of nitrogens with one attached hydrogen (secondary N) is 1. The summed E-state index contributed by atoms with van der Waals surface area (Å²) in [6.07, 6.45) is 3.78. The predicted octanol–water partition coefficient (Wildman–Crippen LogP) is -0.498. The van der Waals surface area contributed by atoms with E-state index in [0.29, 0.717) is 13.0 Å². The van der Waals surface area contributed by atoms with E-state index >= 15 is 0 Å². The Bertz CT molecular complexity index is 525. The van der Waals surface area contributed by atoms with Gasteiger partial charge in [-0.2, -0.15) is 0 Å².